The van der Waals surface area contributed by atoms with Gasteiger partial charge in [-0.15, -0.1) is 23.1 Å². The van der Waals surface area contributed by atoms with Gasteiger partial charge in [0.05, 0.1) is 11.4 Å². The number of hydrogen-bond acceptors (Lipinski definition) is 3. The van der Waals surface area contributed by atoms with Crippen LogP contribution in [0.2, 0.25) is 0 Å². The number of rotatable bonds is 4. The maximum Gasteiger partial charge on any atom is 0.104 e. The molecule has 3 aromatic rings. The Balaban J connectivity index is 1.69. The minimum absolute atomic E-state index is 0.918. The third kappa shape index (κ3) is 3.96. The summed E-state index contributed by atoms with van der Waals surface area (Å²) in [6.45, 7) is 2.11. The molecule has 1 aromatic heterocycles. The minimum Gasteiger partial charge on any atom is -0.240 e. The summed E-state index contributed by atoms with van der Waals surface area (Å²) in [5.74, 6) is 0.918. The average molecular weight is 376 g/mol. The Morgan fingerprint density at radius 3 is 2.71 bits per heavy atom. The number of aryl methyl sites for hydroxylation is 1. The van der Waals surface area contributed by atoms with Gasteiger partial charge in [0.1, 0.15) is 5.01 Å². The Kier molecular flexibility index (Phi) is 4.78. The van der Waals surface area contributed by atoms with Crippen molar-refractivity contribution < 1.29 is 0 Å². The van der Waals surface area contributed by atoms with E-state index in [1.54, 1.807) is 11.3 Å². The number of nitrogens with zero attached hydrogens (tertiary/aromatic N) is 1. The summed E-state index contributed by atoms with van der Waals surface area (Å²) >= 11 is 7.06. The van der Waals surface area contributed by atoms with Gasteiger partial charge in [-0.1, -0.05) is 45.8 Å². The SMILES string of the molecule is Cc1ccc(SCc2nc(-c3cccc(Br)c3)cs2)cc1. The number of aromatic nitrogens is 1. The smallest absolute Gasteiger partial charge is 0.104 e. The molecule has 0 unspecified atom stereocenters. The monoisotopic (exact) mass is 375 g/mol. The van der Waals surface area contributed by atoms with E-state index in [4.69, 9.17) is 4.98 Å². The summed E-state index contributed by atoms with van der Waals surface area (Å²) in [6.07, 6.45) is 0. The van der Waals surface area contributed by atoms with Crippen LogP contribution in [-0.4, -0.2) is 4.98 Å². The van der Waals surface area contributed by atoms with E-state index in [2.05, 4.69) is 64.6 Å². The van der Waals surface area contributed by atoms with E-state index >= 15 is 0 Å². The maximum atomic E-state index is 4.73. The van der Waals surface area contributed by atoms with Crippen molar-refractivity contribution in [3.63, 3.8) is 0 Å². The lowest BCUT2D eigenvalue weighted by Crippen LogP contribution is -1.82. The molecule has 0 bridgehead atoms. The molecule has 0 aliphatic heterocycles. The number of thiazole rings is 1. The fraction of sp³-hybridized carbons (Fsp3) is 0.118. The van der Waals surface area contributed by atoms with Crippen molar-refractivity contribution in [2.24, 2.45) is 0 Å². The predicted octanol–water partition coefficient (Wildman–Crippen LogP) is 6.17. The van der Waals surface area contributed by atoms with Crippen molar-refractivity contribution in [2.75, 3.05) is 0 Å². The van der Waals surface area contributed by atoms with Gasteiger partial charge in [0, 0.05) is 20.3 Å². The highest BCUT2D eigenvalue weighted by atomic mass is 79.9. The summed E-state index contributed by atoms with van der Waals surface area (Å²) < 4.78 is 1.09. The van der Waals surface area contributed by atoms with E-state index in [9.17, 15) is 0 Å². The van der Waals surface area contributed by atoms with E-state index in [-0.39, 0.29) is 0 Å². The summed E-state index contributed by atoms with van der Waals surface area (Å²) in [7, 11) is 0. The topological polar surface area (TPSA) is 12.9 Å². The van der Waals surface area contributed by atoms with Gasteiger partial charge in [0.15, 0.2) is 0 Å². The van der Waals surface area contributed by atoms with Crippen LogP contribution in [-0.2, 0) is 5.75 Å². The highest BCUT2D eigenvalue weighted by Gasteiger charge is 2.05. The first kappa shape index (κ1) is 14.8. The third-order valence-electron chi connectivity index (χ3n) is 3.06. The van der Waals surface area contributed by atoms with Crippen LogP contribution in [0.15, 0.2) is 63.3 Å². The molecule has 21 heavy (non-hydrogen) atoms. The quantitative estimate of drug-likeness (QED) is 0.505. The molecule has 2 aromatic carbocycles. The van der Waals surface area contributed by atoms with Crippen LogP contribution in [0.4, 0.5) is 0 Å². The first-order valence-corrected chi connectivity index (χ1v) is 9.26. The number of thioether (sulfide) groups is 1. The fourth-order valence-electron chi connectivity index (χ4n) is 1.94. The standard InChI is InChI=1S/C17H14BrNS2/c1-12-5-7-15(8-6-12)20-11-17-19-16(10-21-17)13-3-2-4-14(18)9-13/h2-10H,11H2,1H3. The minimum atomic E-state index is 0.918. The highest BCUT2D eigenvalue weighted by molar-refractivity contribution is 9.10. The molecule has 3 rings (SSSR count). The van der Waals surface area contributed by atoms with E-state index in [0.717, 1.165) is 26.5 Å². The van der Waals surface area contributed by atoms with Crippen molar-refractivity contribution in [3.05, 3.63) is 69.0 Å². The van der Waals surface area contributed by atoms with E-state index < -0.39 is 0 Å². The van der Waals surface area contributed by atoms with Gasteiger partial charge in [-0.3, -0.25) is 0 Å². The average Bonchev–Trinajstić information content (AvgIpc) is 2.96. The molecule has 106 valence electrons. The van der Waals surface area contributed by atoms with Crippen molar-refractivity contribution >= 4 is 39.0 Å². The molecule has 0 amide bonds. The summed E-state index contributed by atoms with van der Waals surface area (Å²) in [6, 6.07) is 16.9. The van der Waals surface area contributed by atoms with Crippen LogP contribution in [0.5, 0.6) is 0 Å². The second-order valence-corrected chi connectivity index (χ2v) is 7.65. The second kappa shape index (κ2) is 6.77. The molecule has 0 aliphatic carbocycles. The Morgan fingerprint density at radius 2 is 1.95 bits per heavy atom. The van der Waals surface area contributed by atoms with Gasteiger partial charge in [-0.05, 0) is 31.2 Å². The normalized spacial score (nSPS) is 10.8. The molecule has 1 heterocycles. The molecule has 0 spiro atoms. The molecule has 0 aliphatic rings. The molecule has 4 heteroatoms. The number of benzene rings is 2. The molecular weight excluding hydrogens is 362 g/mol. The van der Waals surface area contributed by atoms with Crippen molar-refractivity contribution in [1.82, 2.24) is 4.98 Å². The third-order valence-corrected chi connectivity index (χ3v) is 5.60. The zero-order chi connectivity index (χ0) is 14.7. The molecule has 0 fully saturated rings. The summed E-state index contributed by atoms with van der Waals surface area (Å²) in [5, 5.41) is 3.29. The zero-order valence-electron chi connectivity index (χ0n) is 11.5. The van der Waals surface area contributed by atoms with Gasteiger partial charge in [0.25, 0.3) is 0 Å². The Bertz CT molecular complexity index is 735. The highest BCUT2D eigenvalue weighted by Crippen LogP contribution is 2.28. The second-order valence-electron chi connectivity index (χ2n) is 4.74. The Morgan fingerprint density at radius 1 is 1.14 bits per heavy atom. The van der Waals surface area contributed by atoms with Gasteiger partial charge in [-0.2, -0.15) is 0 Å². The number of hydrogen-bond donors (Lipinski definition) is 0. The zero-order valence-corrected chi connectivity index (χ0v) is 14.8. The maximum absolute atomic E-state index is 4.73. The van der Waals surface area contributed by atoms with E-state index in [1.165, 1.54) is 10.5 Å². The molecule has 0 saturated carbocycles. The predicted molar refractivity (Wildman–Crippen MR) is 96.0 cm³/mol. The van der Waals surface area contributed by atoms with Crippen LogP contribution in [0.25, 0.3) is 11.3 Å². The van der Waals surface area contributed by atoms with Crippen molar-refractivity contribution in [2.45, 2.75) is 17.6 Å². The van der Waals surface area contributed by atoms with Crippen LogP contribution < -0.4 is 0 Å². The summed E-state index contributed by atoms with van der Waals surface area (Å²) in [5.41, 5.74) is 3.51. The largest absolute Gasteiger partial charge is 0.240 e. The van der Waals surface area contributed by atoms with Gasteiger partial charge in [-0.25, -0.2) is 4.98 Å². The lowest BCUT2D eigenvalue weighted by Gasteiger charge is -2.00. The van der Waals surface area contributed by atoms with Crippen LogP contribution in [0.3, 0.4) is 0 Å². The molecular formula is C17H14BrNS2. The molecule has 0 N–H and O–H groups in total. The molecule has 1 nitrogen and oxygen atoms in total. The number of halogens is 1. The van der Waals surface area contributed by atoms with Crippen molar-refractivity contribution in [1.29, 1.82) is 0 Å². The van der Waals surface area contributed by atoms with Crippen LogP contribution in [0, 0.1) is 6.92 Å². The van der Waals surface area contributed by atoms with E-state index in [1.807, 2.05) is 23.9 Å². The lowest BCUT2D eigenvalue weighted by molar-refractivity contribution is 1.26. The Hall–Kier alpha value is -1.10. The van der Waals surface area contributed by atoms with Crippen molar-refractivity contribution in [3.8, 4) is 11.3 Å². The van der Waals surface area contributed by atoms with E-state index in [0.29, 0.717) is 0 Å². The first-order chi connectivity index (χ1) is 10.2. The Labute approximate surface area is 141 Å². The lowest BCUT2D eigenvalue weighted by atomic mass is 10.2. The van der Waals surface area contributed by atoms with Gasteiger partial charge < -0.3 is 0 Å². The van der Waals surface area contributed by atoms with Gasteiger partial charge in [0.2, 0.25) is 0 Å². The molecule has 0 atom stereocenters. The van der Waals surface area contributed by atoms with Gasteiger partial charge >= 0.3 is 0 Å². The summed E-state index contributed by atoms with van der Waals surface area (Å²) in [4.78, 5) is 6.02. The fourth-order valence-corrected chi connectivity index (χ4v) is 4.06. The first-order valence-electron chi connectivity index (χ1n) is 6.60. The molecule has 0 saturated heterocycles. The van der Waals surface area contributed by atoms with Crippen LogP contribution in [0.1, 0.15) is 10.6 Å². The molecule has 0 radical (unpaired) electrons. The van der Waals surface area contributed by atoms with Crippen LogP contribution >= 0.6 is 39.0 Å².